The van der Waals surface area contributed by atoms with Crippen LogP contribution in [0.15, 0.2) is 0 Å². The first-order chi connectivity index (χ1) is 8.68. The number of cyclic esters (lactones) is 1. The minimum Gasteiger partial charge on any atom is -0.481 e. The summed E-state index contributed by atoms with van der Waals surface area (Å²) < 4.78 is 5.10. The van der Waals surface area contributed by atoms with Gasteiger partial charge in [-0.1, -0.05) is 25.7 Å². The van der Waals surface area contributed by atoms with Gasteiger partial charge in [0.1, 0.15) is 6.61 Å². The smallest absolute Gasteiger partial charge is 0.410 e. The second-order valence-electron chi connectivity index (χ2n) is 5.22. The molecule has 0 spiro atoms. The molecule has 2 fully saturated rings. The highest BCUT2D eigenvalue weighted by Gasteiger charge is 2.37. The molecule has 1 aliphatic carbocycles. The van der Waals surface area contributed by atoms with E-state index in [2.05, 4.69) is 0 Å². The highest BCUT2D eigenvalue weighted by molar-refractivity contribution is 5.71. The van der Waals surface area contributed by atoms with Gasteiger partial charge in [0, 0.05) is 12.5 Å². The van der Waals surface area contributed by atoms with E-state index in [1.54, 1.807) is 0 Å². The van der Waals surface area contributed by atoms with E-state index in [4.69, 9.17) is 9.84 Å². The third kappa shape index (κ3) is 3.15. The molecule has 18 heavy (non-hydrogen) atoms. The number of ether oxygens (including phenoxy) is 1. The van der Waals surface area contributed by atoms with Crippen LogP contribution in [0.4, 0.5) is 4.79 Å². The van der Waals surface area contributed by atoms with Gasteiger partial charge in [-0.15, -0.1) is 0 Å². The molecule has 1 aliphatic heterocycles. The number of carboxylic acids is 1. The second-order valence-corrected chi connectivity index (χ2v) is 5.22. The van der Waals surface area contributed by atoms with E-state index in [1.165, 1.54) is 12.8 Å². The highest BCUT2D eigenvalue weighted by Crippen LogP contribution is 2.28. The molecule has 0 aromatic carbocycles. The van der Waals surface area contributed by atoms with Crippen molar-refractivity contribution in [1.29, 1.82) is 0 Å². The summed E-state index contributed by atoms with van der Waals surface area (Å²) in [4.78, 5) is 24.2. The fourth-order valence-corrected chi connectivity index (χ4v) is 2.97. The Hall–Kier alpha value is -1.26. The van der Waals surface area contributed by atoms with Gasteiger partial charge in [-0.25, -0.2) is 4.79 Å². The number of aliphatic carboxylic acids is 1. The molecule has 5 heteroatoms. The van der Waals surface area contributed by atoms with Crippen molar-refractivity contribution in [2.75, 3.05) is 6.61 Å². The number of carbonyl (C=O) groups excluding carboxylic acids is 1. The Kier molecular flexibility index (Phi) is 4.44. The van der Waals surface area contributed by atoms with Crippen molar-refractivity contribution in [3.63, 3.8) is 0 Å². The van der Waals surface area contributed by atoms with Gasteiger partial charge in [-0.3, -0.25) is 9.69 Å². The first-order valence-electron chi connectivity index (χ1n) is 6.85. The molecule has 1 atom stereocenters. The van der Waals surface area contributed by atoms with E-state index in [9.17, 15) is 9.59 Å². The summed E-state index contributed by atoms with van der Waals surface area (Å²) in [6, 6.07) is 0.206. The van der Waals surface area contributed by atoms with Gasteiger partial charge in [0.15, 0.2) is 0 Å². The maximum Gasteiger partial charge on any atom is 0.410 e. The van der Waals surface area contributed by atoms with Crippen molar-refractivity contribution in [3.05, 3.63) is 0 Å². The van der Waals surface area contributed by atoms with Crippen molar-refractivity contribution < 1.29 is 19.4 Å². The van der Waals surface area contributed by atoms with Crippen LogP contribution in [0.5, 0.6) is 0 Å². The molecule has 102 valence electrons. The number of amides is 1. The minimum atomic E-state index is -0.810. The molecule has 1 saturated heterocycles. The Morgan fingerprint density at radius 1 is 1.28 bits per heavy atom. The number of carboxylic acid groups (broad SMARTS) is 1. The predicted octanol–water partition coefficient (Wildman–Crippen LogP) is 2.39. The molecule has 1 unspecified atom stereocenters. The summed E-state index contributed by atoms with van der Waals surface area (Å²) >= 11 is 0. The summed E-state index contributed by atoms with van der Waals surface area (Å²) in [5.41, 5.74) is 0. The van der Waals surface area contributed by atoms with Crippen LogP contribution in [0, 0.1) is 0 Å². The fourth-order valence-electron chi connectivity index (χ4n) is 2.97. The standard InChI is InChI=1S/C13H21NO4/c15-12(16)8-7-11-9-18-13(17)14(11)10-5-3-1-2-4-6-10/h10-11H,1-9H2,(H,15,16). The minimum absolute atomic E-state index is 0.0447. The molecular weight excluding hydrogens is 234 g/mol. The molecule has 0 bridgehead atoms. The van der Waals surface area contributed by atoms with Crippen molar-refractivity contribution >= 4 is 12.1 Å². The van der Waals surface area contributed by atoms with Crippen molar-refractivity contribution in [2.24, 2.45) is 0 Å². The van der Waals surface area contributed by atoms with Crippen LogP contribution in [0.2, 0.25) is 0 Å². The molecule has 0 aromatic heterocycles. The lowest BCUT2D eigenvalue weighted by atomic mass is 10.0. The monoisotopic (exact) mass is 255 g/mol. The second kappa shape index (κ2) is 6.07. The van der Waals surface area contributed by atoms with Crippen molar-refractivity contribution in [2.45, 2.75) is 63.5 Å². The lowest BCUT2D eigenvalue weighted by Gasteiger charge is -2.29. The van der Waals surface area contributed by atoms with Gasteiger partial charge in [-0.05, 0) is 19.3 Å². The van der Waals surface area contributed by atoms with Gasteiger partial charge in [-0.2, -0.15) is 0 Å². The first kappa shape index (κ1) is 13.2. The quantitative estimate of drug-likeness (QED) is 0.783. The van der Waals surface area contributed by atoms with Crippen molar-refractivity contribution in [3.8, 4) is 0 Å². The molecule has 2 aliphatic rings. The third-order valence-electron chi connectivity index (χ3n) is 3.91. The first-order valence-corrected chi connectivity index (χ1v) is 6.85. The largest absolute Gasteiger partial charge is 0.481 e. The van der Waals surface area contributed by atoms with Crippen molar-refractivity contribution in [1.82, 2.24) is 4.90 Å². The molecular formula is C13H21NO4. The Balaban J connectivity index is 1.97. The van der Waals surface area contributed by atoms with Crippen LogP contribution in [0.25, 0.3) is 0 Å². The normalized spacial score (nSPS) is 25.9. The lowest BCUT2D eigenvalue weighted by molar-refractivity contribution is -0.137. The number of rotatable bonds is 4. The van der Waals surface area contributed by atoms with Crippen LogP contribution in [0.1, 0.15) is 51.4 Å². The Labute approximate surface area is 107 Å². The predicted molar refractivity (Wildman–Crippen MR) is 65.3 cm³/mol. The fraction of sp³-hybridized carbons (Fsp3) is 0.846. The zero-order valence-corrected chi connectivity index (χ0v) is 10.6. The van der Waals surface area contributed by atoms with Crippen LogP contribution in [-0.2, 0) is 9.53 Å². The Morgan fingerprint density at radius 2 is 1.94 bits per heavy atom. The maximum atomic E-state index is 11.8. The van der Waals surface area contributed by atoms with Crippen LogP contribution >= 0.6 is 0 Å². The zero-order chi connectivity index (χ0) is 13.0. The van der Waals surface area contributed by atoms with Crippen LogP contribution < -0.4 is 0 Å². The molecule has 0 radical (unpaired) electrons. The summed E-state index contributed by atoms with van der Waals surface area (Å²) in [5, 5.41) is 8.74. The van der Waals surface area contributed by atoms with Gasteiger partial charge in [0.05, 0.1) is 6.04 Å². The Morgan fingerprint density at radius 3 is 2.56 bits per heavy atom. The van der Waals surface area contributed by atoms with E-state index in [0.717, 1.165) is 25.7 Å². The van der Waals surface area contributed by atoms with Gasteiger partial charge < -0.3 is 9.84 Å². The molecule has 1 saturated carbocycles. The number of nitrogens with zero attached hydrogens (tertiary/aromatic N) is 1. The van der Waals surface area contributed by atoms with E-state index in [1.807, 2.05) is 4.90 Å². The maximum absolute atomic E-state index is 11.8. The number of hydrogen-bond acceptors (Lipinski definition) is 3. The number of hydrogen-bond donors (Lipinski definition) is 1. The average Bonchev–Trinajstić information content (AvgIpc) is 2.55. The molecule has 2 rings (SSSR count). The molecule has 1 heterocycles. The van der Waals surface area contributed by atoms with Gasteiger partial charge in [0.2, 0.25) is 0 Å². The van der Waals surface area contributed by atoms with E-state index < -0.39 is 5.97 Å². The molecule has 1 N–H and O–H groups in total. The summed E-state index contributed by atoms with van der Waals surface area (Å²) in [7, 11) is 0. The van der Waals surface area contributed by atoms with E-state index >= 15 is 0 Å². The van der Waals surface area contributed by atoms with Gasteiger partial charge >= 0.3 is 12.1 Å². The highest BCUT2D eigenvalue weighted by atomic mass is 16.6. The van der Waals surface area contributed by atoms with E-state index in [0.29, 0.717) is 13.0 Å². The topological polar surface area (TPSA) is 66.8 Å². The van der Waals surface area contributed by atoms with Crippen LogP contribution in [0.3, 0.4) is 0 Å². The zero-order valence-electron chi connectivity index (χ0n) is 10.6. The lowest BCUT2D eigenvalue weighted by Crippen LogP contribution is -2.42. The van der Waals surface area contributed by atoms with E-state index in [-0.39, 0.29) is 24.6 Å². The van der Waals surface area contributed by atoms with Gasteiger partial charge in [0.25, 0.3) is 0 Å². The third-order valence-corrected chi connectivity index (χ3v) is 3.91. The molecule has 1 amide bonds. The SMILES string of the molecule is O=C(O)CCC1COC(=O)N1C1CCCCCC1. The molecule has 5 nitrogen and oxygen atoms in total. The Bertz CT molecular complexity index is 310. The number of carbonyl (C=O) groups is 2. The summed E-state index contributed by atoms with van der Waals surface area (Å²) in [6.07, 6.45) is 7.18. The molecule has 0 aromatic rings. The summed E-state index contributed by atoms with van der Waals surface area (Å²) in [5.74, 6) is -0.810. The van der Waals surface area contributed by atoms with Crippen LogP contribution in [-0.4, -0.2) is 40.8 Å². The summed E-state index contributed by atoms with van der Waals surface area (Å²) in [6.45, 7) is 0.350. The average molecular weight is 255 g/mol.